The quantitative estimate of drug-likeness (QED) is 0.323. The number of hydrazone groups is 1. The molecule has 0 saturated carbocycles. The van der Waals surface area contributed by atoms with Crippen LogP contribution in [0.4, 0.5) is 5.69 Å². The summed E-state index contributed by atoms with van der Waals surface area (Å²) >= 11 is 0. The van der Waals surface area contributed by atoms with E-state index in [2.05, 4.69) is 23.5 Å². The van der Waals surface area contributed by atoms with Crippen molar-refractivity contribution in [3.63, 3.8) is 0 Å². The topological polar surface area (TPSA) is 98.8 Å². The molecule has 0 aliphatic carbocycles. The van der Waals surface area contributed by atoms with Crippen LogP contribution in [0.3, 0.4) is 0 Å². The molecule has 0 atom stereocenters. The first-order chi connectivity index (χ1) is 15.3. The molecule has 1 N–H and O–H groups in total. The third-order valence-corrected chi connectivity index (χ3v) is 5.05. The average Bonchev–Trinajstić information content (AvgIpc) is 3.05. The van der Waals surface area contributed by atoms with E-state index >= 15 is 0 Å². The molecular formula is C24H26N4O4. The first-order valence-corrected chi connectivity index (χ1v) is 10.3. The molecule has 0 spiro atoms. The monoisotopic (exact) mass is 434 g/mol. The second-order valence-corrected chi connectivity index (χ2v) is 7.53. The summed E-state index contributed by atoms with van der Waals surface area (Å²) < 4.78 is 7.49. The number of carbonyl (C=O) groups excluding carboxylic acids is 1. The molecular weight excluding hydrogens is 408 g/mol. The smallest absolute Gasteiger partial charge is 0.277 e. The third kappa shape index (κ3) is 5.40. The van der Waals surface area contributed by atoms with Gasteiger partial charge in [0.25, 0.3) is 11.6 Å². The van der Waals surface area contributed by atoms with Gasteiger partial charge in [-0.3, -0.25) is 14.9 Å². The number of nitrogens with one attached hydrogen (secondary N) is 1. The first kappa shape index (κ1) is 22.7. The van der Waals surface area contributed by atoms with Gasteiger partial charge < -0.3 is 9.30 Å². The SMILES string of the molecule is CCc1cc(C)cc(OCC(=O)N/N=C/c2cc(C)n(-c3cccc([N+](=O)[O-])c3)c2C)c1. The van der Waals surface area contributed by atoms with Crippen molar-refractivity contribution >= 4 is 17.8 Å². The van der Waals surface area contributed by atoms with Crippen LogP contribution in [0, 0.1) is 30.9 Å². The van der Waals surface area contributed by atoms with E-state index < -0.39 is 4.92 Å². The summed E-state index contributed by atoms with van der Waals surface area (Å²) in [4.78, 5) is 22.8. The number of ether oxygens (including phenoxy) is 1. The molecule has 1 aromatic heterocycles. The van der Waals surface area contributed by atoms with Crippen LogP contribution in [0.5, 0.6) is 5.75 Å². The lowest BCUT2D eigenvalue weighted by atomic mass is 10.1. The van der Waals surface area contributed by atoms with Gasteiger partial charge in [0.05, 0.1) is 16.8 Å². The number of aromatic nitrogens is 1. The molecule has 32 heavy (non-hydrogen) atoms. The Morgan fingerprint density at radius 2 is 1.97 bits per heavy atom. The van der Waals surface area contributed by atoms with Gasteiger partial charge in [0.1, 0.15) is 5.75 Å². The predicted octanol–water partition coefficient (Wildman–Crippen LogP) is 4.40. The summed E-state index contributed by atoms with van der Waals surface area (Å²) in [5, 5.41) is 15.1. The van der Waals surface area contributed by atoms with Crippen molar-refractivity contribution in [3.05, 3.63) is 86.7 Å². The van der Waals surface area contributed by atoms with E-state index in [9.17, 15) is 14.9 Å². The average molecular weight is 434 g/mol. The van der Waals surface area contributed by atoms with Crippen LogP contribution < -0.4 is 10.2 Å². The van der Waals surface area contributed by atoms with E-state index in [1.54, 1.807) is 12.3 Å². The van der Waals surface area contributed by atoms with Crippen LogP contribution >= 0.6 is 0 Å². The Balaban J connectivity index is 1.65. The number of nitro benzene ring substituents is 1. The molecule has 3 rings (SSSR count). The zero-order valence-corrected chi connectivity index (χ0v) is 18.6. The number of rotatable bonds is 8. The van der Waals surface area contributed by atoms with E-state index in [1.165, 1.54) is 12.1 Å². The standard InChI is InChI=1S/C24H26N4O4/c1-5-19-9-16(2)10-23(12-19)32-15-24(29)26-25-14-20-11-17(3)27(18(20)4)21-7-6-8-22(13-21)28(30)31/h6-14H,5,15H2,1-4H3,(H,26,29)/b25-14+. The van der Waals surface area contributed by atoms with E-state index in [0.29, 0.717) is 11.4 Å². The number of non-ortho nitro benzene ring substituents is 1. The number of benzene rings is 2. The molecule has 8 nitrogen and oxygen atoms in total. The Kier molecular flexibility index (Phi) is 7.04. The van der Waals surface area contributed by atoms with E-state index in [0.717, 1.165) is 34.5 Å². The molecule has 1 heterocycles. The maximum Gasteiger partial charge on any atom is 0.277 e. The molecule has 0 radical (unpaired) electrons. The Bertz CT molecular complexity index is 1180. The fourth-order valence-electron chi connectivity index (χ4n) is 3.53. The van der Waals surface area contributed by atoms with Crippen molar-refractivity contribution in [1.29, 1.82) is 0 Å². The molecule has 2 aromatic carbocycles. The third-order valence-electron chi connectivity index (χ3n) is 5.05. The fraction of sp³-hybridized carbons (Fsp3) is 0.250. The maximum atomic E-state index is 12.1. The van der Waals surface area contributed by atoms with Gasteiger partial charge in [-0.1, -0.05) is 19.1 Å². The summed E-state index contributed by atoms with van der Waals surface area (Å²) in [7, 11) is 0. The van der Waals surface area contributed by atoms with Gasteiger partial charge in [-0.2, -0.15) is 5.10 Å². The number of amides is 1. The number of carbonyl (C=O) groups is 1. The Morgan fingerprint density at radius 3 is 2.69 bits per heavy atom. The molecule has 0 aliphatic heterocycles. The summed E-state index contributed by atoms with van der Waals surface area (Å²) in [5.74, 6) is 0.287. The molecule has 0 saturated heterocycles. The summed E-state index contributed by atoms with van der Waals surface area (Å²) in [6.45, 7) is 7.70. The lowest BCUT2D eigenvalue weighted by molar-refractivity contribution is -0.384. The maximum absolute atomic E-state index is 12.1. The summed E-state index contributed by atoms with van der Waals surface area (Å²) in [6.07, 6.45) is 2.44. The first-order valence-electron chi connectivity index (χ1n) is 10.3. The highest BCUT2D eigenvalue weighted by Crippen LogP contribution is 2.23. The highest BCUT2D eigenvalue weighted by atomic mass is 16.6. The van der Waals surface area contributed by atoms with Crippen molar-refractivity contribution in [2.75, 3.05) is 6.61 Å². The van der Waals surface area contributed by atoms with Gasteiger partial charge >= 0.3 is 0 Å². The van der Waals surface area contributed by atoms with Crippen LogP contribution in [0.25, 0.3) is 5.69 Å². The van der Waals surface area contributed by atoms with Crippen LogP contribution in [-0.2, 0) is 11.2 Å². The van der Waals surface area contributed by atoms with Gasteiger partial charge in [0.15, 0.2) is 6.61 Å². The zero-order chi connectivity index (χ0) is 23.3. The summed E-state index contributed by atoms with van der Waals surface area (Å²) in [5.41, 5.74) is 7.96. The highest BCUT2D eigenvalue weighted by Gasteiger charge is 2.13. The molecule has 166 valence electrons. The fourth-order valence-corrected chi connectivity index (χ4v) is 3.53. The van der Waals surface area contributed by atoms with E-state index in [-0.39, 0.29) is 18.2 Å². The second kappa shape index (κ2) is 9.91. The molecule has 0 unspecified atom stereocenters. The number of hydrogen-bond donors (Lipinski definition) is 1. The normalized spacial score (nSPS) is 11.0. The number of nitro groups is 1. The molecule has 3 aromatic rings. The molecule has 1 amide bonds. The number of hydrogen-bond acceptors (Lipinski definition) is 5. The minimum atomic E-state index is -0.419. The van der Waals surface area contributed by atoms with E-state index in [4.69, 9.17) is 4.74 Å². The van der Waals surface area contributed by atoms with Gasteiger partial charge in [-0.15, -0.1) is 0 Å². The van der Waals surface area contributed by atoms with Gasteiger partial charge in [0, 0.05) is 29.1 Å². The van der Waals surface area contributed by atoms with Crippen LogP contribution in [0.1, 0.15) is 35.0 Å². The lowest BCUT2D eigenvalue weighted by Crippen LogP contribution is -2.24. The minimum absolute atomic E-state index is 0.0251. The molecule has 0 aliphatic rings. The van der Waals surface area contributed by atoms with Crippen molar-refractivity contribution < 1.29 is 14.5 Å². The zero-order valence-electron chi connectivity index (χ0n) is 18.6. The number of aryl methyl sites for hydroxylation is 3. The predicted molar refractivity (Wildman–Crippen MR) is 124 cm³/mol. The molecule has 0 fully saturated rings. The molecule has 8 heteroatoms. The van der Waals surface area contributed by atoms with Crippen molar-refractivity contribution in [2.24, 2.45) is 5.10 Å². The summed E-state index contributed by atoms with van der Waals surface area (Å²) in [6, 6.07) is 14.2. The van der Waals surface area contributed by atoms with Crippen LogP contribution in [-0.4, -0.2) is 28.2 Å². The molecule has 0 bridgehead atoms. The second-order valence-electron chi connectivity index (χ2n) is 7.53. The Labute approximate surface area is 186 Å². The van der Waals surface area contributed by atoms with Gasteiger partial charge in [0.2, 0.25) is 0 Å². The van der Waals surface area contributed by atoms with Crippen molar-refractivity contribution in [1.82, 2.24) is 9.99 Å². The Hall–Kier alpha value is -3.94. The van der Waals surface area contributed by atoms with Crippen LogP contribution in [0.15, 0.2) is 53.6 Å². The Morgan fingerprint density at radius 1 is 1.19 bits per heavy atom. The minimum Gasteiger partial charge on any atom is -0.484 e. The van der Waals surface area contributed by atoms with Crippen molar-refractivity contribution in [2.45, 2.75) is 34.1 Å². The van der Waals surface area contributed by atoms with Crippen LogP contribution in [0.2, 0.25) is 0 Å². The lowest BCUT2D eigenvalue weighted by Gasteiger charge is -2.09. The van der Waals surface area contributed by atoms with Crippen molar-refractivity contribution in [3.8, 4) is 11.4 Å². The number of nitrogens with zero attached hydrogens (tertiary/aromatic N) is 3. The van der Waals surface area contributed by atoms with Gasteiger partial charge in [-0.05, 0) is 62.6 Å². The van der Waals surface area contributed by atoms with E-state index in [1.807, 2.05) is 49.6 Å². The highest BCUT2D eigenvalue weighted by molar-refractivity contribution is 5.84. The largest absolute Gasteiger partial charge is 0.484 e. The van der Waals surface area contributed by atoms with Gasteiger partial charge in [-0.25, -0.2) is 5.43 Å².